The number of carbonyl (C=O) groups is 1. The third-order valence-electron chi connectivity index (χ3n) is 3.82. The Bertz CT molecular complexity index is 371. The number of unbranched alkanes of at least 4 members (excludes halogenated alkanes) is 2. The van der Waals surface area contributed by atoms with Gasteiger partial charge < -0.3 is 4.74 Å². The maximum absolute atomic E-state index is 12.2. The molecule has 2 heterocycles. The summed E-state index contributed by atoms with van der Waals surface area (Å²) >= 11 is 0. The van der Waals surface area contributed by atoms with E-state index in [0.717, 1.165) is 50.0 Å². The van der Waals surface area contributed by atoms with Gasteiger partial charge in [0.2, 0.25) is 0 Å². The summed E-state index contributed by atoms with van der Waals surface area (Å²) in [6, 6.07) is 0. The van der Waals surface area contributed by atoms with Crippen LogP contribution in [0.5, 0.6) is 0 Å². The van der Waals surface area contributed by atoms with E-state index in [4.69, 9.17) is 4.74 Å². The summed E-state index contributed by atoms with van der Waals surface area (Å²) in [5.74, 6) is 1.26. The highest BCUT2D eigenvalue weighted by Crippen LogP contribution is 2.31. The molecular weight excluding hydrogens is 226 g/mol. The molecule has 2 unspecified atom stereocenters. The minimum absolute atomic E-state index is 0.0526. The van der Waals surface area contributed by atoms with Gasteiger partial charge in [0.05, 0.1) is 5.92 Å². The van der Waals surface area contributed by atoms with Gasteiger partial charge in [0.1, 0.15) is 5.76 Å². The zero-order valence-electron chi connectivity index (χ0n) is 11.4. The monoisotopic (exact) mass is 249 g/mol. The lowest BCUT2D eigenvalue weighted by atomic mass is 9.92. The average Bonchev–Trinajstić information content (AvgIpc) is 2.83. The van der Waals surface area contributed by atoms with Crippen molar-refractivity contribution < 1.29 is 9.53 Å². The van der Waals surface area contributed by atoms with Crippen LogP contribution in [0.4, 0.5) is 0 Å². The Balaban J connectivity index is 1.89. The number of hydrogen-bond donors (Lipinski definition) is 1. The molecule has 0 aromatic rings. The Morgan fingerprint density at radius 2 is 2.28 bits per heavy atom. The molecule has 2 rings (SSSR count). The fourth-order valence-electron chi connectivity index (χ4n) is 2.69. The topological polar surface area (TPSA) is 38.3 Å². The maximum Gasteiger partial charge on any atom is 0.170 e. The summed E-state index contributed by atoms with van der Waals surface area (Å²) in [6.07, 6.45) is 9.35. The van der Waals surface area contributed by atoms with Crippen LogP contribution in [-0.2, 0) is 9.53 Å². The molecule has 0 bridgehead atoms. The highest BCUT2D eigenvalue weighted by atomic mass is 16.5. The molecule has 0 saturated carbocycles. The SMILES string of the molecule is CC=CCCCCC1=C(C)C(=O)C2CCNC2O1. The van der Waals surface area contributed by atoms with Crippen LogP contribution < -0.4 is 5.32 Å². The third-order valence-corrected chi connectivity index (χ3v) is 3.82. The minimum atomic E-state index is -0.0632. The van der Waals surface area contributed by atoms with E-state index in [1.54, 1.807) is 0 Å². The first-order valence-electron chi connectivity index (χ1n) is 6.99. The molecule has 2 aliphatic heterocycles. The van der Waals surface area contributed by atoms with Crippen LogP contribution in [-0.4, -0.2) is 18.6 Å². The molecule has 1 saturated heterocycles. The zero-order chi connectivity index (χ0) is 13.0. The van der Waals surface area contributed by atoms with Gasteiger partial charge in [-0.3, -0.25) is 10.1 Å². The van der Waals surface area contributed by atoms with Crippen molar-refractivity contribution >= 4 is 5.78 Å². The van der Waals surface area contributed by atoms with E-state index in [0.29, 0.717) is 5.78 Å². The van der Waals surface area contributed by atoms with Gasteiger partial charge in [-0.05, 0) is 46.1 Å². The molecule has 18 heavy (non-hydrogen) atoms. The summed E-state index contributed by atoms with van der Waals surface area (Å²) in [4.78, 5) is 12.2. The number of ether oxygens (including phenoxy) is 1. The first-order chi connectivity index (χ1) is 8.74. The van der Waals surface area contributed by atoms with Crippen molar-refractivity contribution in [3.63, 3.8) is 0 Å². The molecule has 0 radical (unpaired) electrons. The van der Waals surface area contributed by atoms with Gasteiger partial charge in [0, 0.05) is 12.0 Å². The molecule has 1 fully saturated rings. The van der Waals surface area contributed by atoms with Crippen molar-refractivity contribution in [3.05, 3.63) is 23.5 Å². The smallest absolute Gasteiger partial charge is 0.170 e. The standard InChI is InChI=1S/C15H23NO2/c1-3-4-5-6-7-8-13-11(2)14(17)12-9-10-16-15(12)18-13/h3-4,12,15-16H,5-10H2,1-2H3. The van der Waals surface area contributed by atoms with Crippen LogP contribution in [0.15, 0.2) is 23.5 Å². The second kappa shape index (κ2) is 6.19. The van der Waals surface area contributed by atoms with Gasteiger partial charge >= 0.3 is 0 Å². The molecule has 2 aliphatic rings. The Hall–Kier alpha value is -1.09. The van der Waals surface area contributed by atoms with E-state index >= 15 is 0 Å². The number of allylic oxidation sites excluding steroid dienone is 4. The normalized spacial score (nSPS) is 27.8. The number of ketones is 1. The molecule has 0 aromatic carbocycles. The van der Waals surface area contributed by atoms with E-state index in [1.807, 2.05) is 13.8 Å². The second-order valence-electron chi connectivity index (χ2n) is 5.11. The van der Waals surface area contributed by atoms with Gasteiger partial charge in [-0.1, -0.05) is 12.2 Å². The van der Waals surface area contributed by atoms with Crippen LogP contribution in [0.25, 0.3) is 0 Å². The average molecular weight is 249 g/mol. The summed E-state index contributed by atoms with van der Waals surface area (Å²) in [5.41, 5.74) is 0.853. The number of nitrogens with one attached hydrogen (secondary N) is 1. The largest absolute Gasteiger partial charge is 0.478 e. The van der Waals surface area contributed by atoms with E-state index in [9.17, 15) is 4.79 Å². The highest BCUT2D eigenvalue weighted by Gasteiger charge is 2.39. The molecule has 0 amide bonds. The third kappa shape index (κ3) is 2.83. The van der Waals surface area contributed by atoms with Gasteiger partial charge in [-0.2, -0.15) is 0 Å². The lowest BCUT2D eigenvalue weighted by Crippen LogP contribution is -2.38. The molecular formula is C15H23NO2. The van der Waals surface area contributed by atoms with Crippen molar-refractivity contribution in [1.82, 2.24) is 5.32 Å². The van der Waals surface area contributed by atoms with Gasteiger partial charge in [0.15, 0.2) is 12.0 Å². The first kappa shape index (κ1) is 13.3. The molecule has 0 aliphatic carbocycles. The molecule has 2 atom stereocenters. The van der Waals surface area contributed by atoms with Gasteiger partial charge in [-0.25, -0.2) is 0 Å². The number of rotatable bonds is 5. The van der Waals surface area contributed by atoms with E-state index in [-0.39, 0.29) is 12.1 Å². The molecule has 3 heteroatoms. The predicted octanol–water partition coefficient (Wildman–Crippen LogP) is 2.93. The van der Waals surface area contributed by atoms with E-state index in [2.05, 4.69) is 17.5 Å². The highest BCUT2D eigenvalue weighted by molar-refractivity contribution is 5.98. The van der Waals surface area contributed by atoms with Crippen molar-refractivity contribution in [2.45, 2.75) is 52.2 Å². The zero-order valence-corrected chi connectivity index (χ0v) is 11.4. The first-order valence-corrected chi connectivity index (χ1v) is 6.99. The number of hydrogen-bond acceptors (Lipinski definition) is 3. The fourth-order valence-corrected chi connectivity index (χ4v) is 2.69. The van der Waals surface area contributed by atoms with Crippen molar-refractivity contribution in [2.75, 3.05) is 6.54 Å². The summed E-state index contributed by atoms with van der Waals surface area (Å²) < 4.78 is 5.93. The van der Waals surface area contributed by atoms with Crippen molar-refractivity contribution in [2.24, 2.45) is 5.92 Å². The second-order valence-corrected chi connectivity index (χ2v) is 5.11. The Morgan fingerprint density at radius 1 is 1.44 bits per heavy atom. The summed E-state index contributed by atoms with van der Waals surface area (Å²) in [7, 11) is 0. The molecule has 0 spiro atoms. The molecule has 0 aromatic heterocycles. The van der Waals surface area contributed by atoms with Crippen LogP contribution >= 0.6 is 0 Å². The summed E-state index contributed by atoms with van der Waals surface area (Å²) in [5, 5.41) is 3.26. The quantitative estimate of drug-likeness (QED) is 0.601. The van der Waals surface area contributed by atoms with Crippen LogP contribution in [0.2, 0.25) is 0 Å². The van der Waals surface area contributed by atoms with Crippen LogP contribution in [0, 0.1) is 5.92 Å². The lowest BCUT2D eigenvalue weighted by Gasteiger charge is -2.28. The molecule has 3 nitrogen and oxygen atoms in total. The minimum Gasteiger partial charge on any atom is -0.478 e. The van der Waals surface area contributed by atoms with Gasteiger partial charge in [-0.15, -0.1) is 0 Å². The van der Waals surface area contributed by atoms with E-state index < -0.39 is 0 Å². The Labute approximate surface area is 109 Å². The Morgan fingerprint density at radius 3 is 3.06 bits per heavy atom. The van der Waals surface area contributed by atoms with Gasteiger partial charge in [0.25, 0.3) is 0 Å². The van der Waals surface area contributed by atoms with Crippen molar-refractivity contribution in [1.29, 1.82) is 0 Å². The molecule has 1 N–H and O–H groups in total. The summed E-state index contributed by atoms with van der Waals surface area (Å²) in [6.45, 7) is 4.85. The number of fused-ring (bicyclic) bond motifs is 1. The Kier molecular flexibility index (Phi) is 4.59. The van der Waals surface area contributed by atoms with Crippen molar-refractivity contribution in [3.8, 4) is 0 Å². The lowest BCUT2D eigenvalue weighted by molar-refractivity contribution is -0.125. The predicted molar refractivity (Wildman–Crippen MR) is 72.0 cm³/mol. The number of carbonyl (C=O) groups excluding carboxylic acids is 1. The van der Waals surface area contributed by atoms with Crippen LogP contribution in [0.3, 0.4) is 0 Å². The van der Waals surface area contributed by atoms with Crippen LogP contribution in [0.1, 0.15) is 46.0 Å². The maximum atomic E-state index is 12.2. The number of Topliss-reactive ketones (excluding diaryl/α,β-unsaturated/α-hetero) is 1. The fraction of sp³-hybridized carbons (Fsp3) is 0.667. The van der Waals surface area contributed by atoms with E-state index in [1.165, 1.54) is 0 Å². The molecule has 100 valence electrons.